The number of methoxy groups -OCH3 is 1. The van der Waals surface area contributed by atoms with Crippen LogP contribution >= 0.6 is 28.3 Å². The molecule has 3 rings (SSSR count). The number of hydrogen-bond donors (Lipinski definition) is 1. The summed E-state index contributed by atoms with van der Waals surface area (Å²) in [6.07, 6.45) is 0. The molecule has 31 heavy (non-hydrogen) atoms. The van der Waals surface area contributed by atoms with Crippen molar-refractivity contribution >= 4 is 28.3 Å². The van der Waals surface area contributed by atoms with Gasteiger partial charge in [0.1, 0.15) is 12.4 Å². The van der Waals surface area contributed by atoms with Crippen molar-refractivity contribution in [1.29, 1.82) is 0 Å². The second-order valence-electron chi connectivity index (χ2n) is 7.03. The highest BCUT2D eigenvalue weighted by atomic mass is 79.9. The first kappa shape index (κ1) is 25.1. The molecule has 4 nitrogen and oxygen atoms in total. The van der Waals surface area contributed by atoms with E-state index in [1.807, 2.05) is 31.2 Å². The van der Waals surface area contributed by atoms with E-state index in [1.54, 1.807) is 7.11 Å². The minimum atomic E-state index is 0. The van der Waals surface area contributed by atoms with E-state index in [4.69, 9.17) is 14.2 Å². The summed E-state index contributed by atoms with van der Waals surface area (Å²) in [5, 5.41) is 3.47. The van der Waals surface area contributed by atoms with Gasteiger partial charge in [-0.1, -0.05) is 48.0 Å². The minimum absolute atomic E-state index is 0. The third-order valence-corrected chi connectivity index (χ3v) is 5.30. The van der Waals surface area contributed by atoms with Gasteiger partial charge in [0.15, 0.2) is 11.5 Å². The van der Waals surface area contributed by atoms with E-state index in [2.05, 4.69) is 64.6 Å². The van der Waals surface area contributed by atoms with Crippen LogP contribution in [0.5, 0.6) is 17.2 Å². The summed E-state index contributed by atoms with van der Waals surface area (Å²) in [7, 11) is 1.69. The van der Waals surface area contributed by atoms with Crippen LogP contribution in [-0.2, 0) is 19.7 Å². The molecule has 0 heterocycles. The lowest BCUT2D eigenvalue weighted by molar-refractivity contribution is 0.267. The van der Waals surface area contributed by atoms with Gasteiger partial charge in [0, 0.05) is 18.7 Å². The molecule has 0 bridgehead atoms. The lowest BCUT2D eigenvalue weighted by Crippen LogP contribution is -2.13. The SMILES string of the molecule is CCOc1cc(CNCc2ccccc2OC)cc(Br)c1OCc1ccc(C)cc1.Cl. The third-order valence-electron chi connectivity index (χ3n) is 4.71. The number of ether oxygens (including phenoxy) is 3. The first-order valence-electron chi connectivity index (χ1n) is 10.1. The molecule has 0 aromatic heterocycles. The van der Waals surface area contributed by atoms with Gasteiger partial charge in [0.05, 0.1) is 18.2 Å². The van der Waals surface area contributed by atoms with Gasteiger partial charge in [-0.15, -0.1) is 12.4 Å². The van der Waals surface area contributed by atoms with Gasteiger partial charge < -0.3 is 19.5 Å². The van der Waals surface area contributed by atoms with Crippen molar-refractivity contribution in [2.24, 2.45) is 0 Å². The van der Waals surface area contributed by atoms with E-state index >= 15 is 0 Å². The van der Waals surface area contributed by atoms with Crippen molar-refractivity contribution in [3.8, 4) is 17.2 Å². The zero-order valence-corrected chi connectivity index (χ0v) is 20.5. The fourth-order valence-electron chi connectivity index (χ4n) is 3.16. The summed E-state index contributed by atoms with van der Waals surface area (Å²) in [6.45, 7) is 6.54. The Labute approximate surface area is 199 Å². The van der Waals surface area contributed by atoms with Gasteiger partial charge in [-0.25, -0.2) is 0 Å². The Balaban J connectivity index is 0.00000341. The van der Waals surface area contributed by atoms with Crippen LogP contribution in [0.3, 0.4) is 0 Å². The van der Waals surface area contributed by atoms with E-state index in [0.29, 0.717) is 19.8 Å². The molecule has 3 aromatic carbocycles. The smallest absolute Gasteiger partial charge is 0.175 e. The molecule has 1 N–H and O–H groups in total. The molecule has 0 spiro atoms. The number of para-hydroxylation sites is 1. The average Bonchev–Trinajstić information content (AvgIpc) is 2.75. The molecule has 6 heteroatoms. The van der Waals surface area contributed by atoms with E-state index in [9.17, 15) is 0 Å². The van der Waals surface area contributed by atoms with E-state index < -0.39 is 0 Å². The Morgan fingerprint density at radius 1 is 0.871 bits per heavy atom. The standard InChI is InChI=1S/C25H28BrNO3.ClH/c1-4-29-24-14-20(15-27-16-21-7-5-6-8-23(21)28-3)13-22(26)25(24)30-17-19-11-9-18(2)10-12-19;/h5-14,27H,4,15-17H2,1-3H3;1H. The van der Waals surface area contributed by atoms with Gasteiger partial charge in [-0.2, -0.15) is 0 Å². The lowest BCUT2D eigenvalue weighted by atomic mass is 10.1. The number of nitrogens with one attached hydrogen (secondary N) is 1. The maximum Gasteiger partial charge on any atom is 0.175 e. The second-order valence-corrected chi connectivity index (χ2v) is 7.88. The fourth-order valence-corrected chi connectivity index (χ4v) is 3.76. The van der Waals surface area contributed by atoms with E-state index in [-0.39, 0.29) is 12.4 Å². The number of benzene rings is 3. The van der Waals surface area contributed by atoms with Gasteiger partial charge in [0.2, 0.25) is 0 Å². The molecule has 3 aromatic rings. The summed E-state index contributed by atoms with van der Waals surface area (Å²) in [6, 6.07) is 20.5. The molecule has 0 unspecified atom stereocenters. The molecule has 0 radical (unpaired) electrons. The Kier molecular flexibility index (Phi) is 10.2. The molecule has 0 fully saturated rings. The molecular weight excluding hydrogens is 478 g/mol. The van der Waals surface area contributed by atoms with Crippen molar-refractivity contribution in [3.05, 3.63) is 87.4 Å². The Morgan fingerprint density at radius 2 is 1.61 bits per heavy atom. The van der Waals surface area contributed by atoms with Crippen molar-refractivity contribution in [2.45, 2.75) is 33.5 Å². The van der Waals surface area contributed by atoms with Crippen molar-refractivity contribution in [3.63, 3.8) is 0 Å². The Bertz CT molecular complexity index is 963. The van der Waals surface area contributed by atoms with Crippen LogP contribution in [0, 0.1) is 6.92 Å². The number of aryl methyl sites for hydroxylation is 1. The van der Waals surface area contributed by atoms with Gasteiger partial charge in [0.25, 0.3) is 0 Å². The number of hydrogen-bond acceptors (Lipinski definition) is 4. The summed E-state index contributed by atoms with van der Waals surface area (Å²) in [4.78, 5) is 0. The molecular formula is C25H29BrClNO3. The van der Waals surface area contributed by atoms with Crippen LogP contribution in [0.4, 0.5) is 0 Å². The van der Waals surface area contributed by atoms with Gasteiger partial charge in [-0.05, 0) is 59.1 Å². The molecule has 0 amide bonds. The minimum Gasteiger partial charge on any atom is -0.496 e. The van der Waals surface area contributed by atoms with Crippen molar-refractivity contribution in [1.82, 2.24) is 5.32 Å². The molecule has 0 aliphatic heterocycles. The quantitative estimate of drug-likeness (QED) is 0.343. The zero-order valence-electron chi connectivity index (χ0n) is 18.1. The highest BCUT2D eigenvalue weighted by Crippen LogP contribution is 2.37. The summed E-state index contributed by atoms with van der Waals surface area (Å²) < 4.78 is 18.3. The molecule has 0 aliphatic rings. The van der Waals surface area contributed by atoms with E-state index in [1.165, 1.54) is 5.56 Å². The largest absolute Gasteiger partial charge is 0.496 e. The predicted molar refractivity (Wildman–Crippen MR) is 132 cm³/mol. The van der Waals surface area contributed by atoms with Crippen LogP contribution in [0.25, 0.3) is 0 Å². The molecule has 0 saturated heterocycles. The third kappa shape index (κ3) is 7.17. The monoisotopic (exact) mass is 505 g/mol. The lowest BCUT2D eigenvalue weighted by Gasteiger charge is -2.16. The summed E-state index contributed by atoms with van der Waals surface area (Å²) in [5.41, 5.74) is 4.60. The van der Waals surface area contributed by atoms with E-state index in [0.717, 1.165) is 45.0 Å². The first-order valence-corrected chi connectivity index (χ1v) is 10.9. The Morgan fingerprint density at radius 3 is 2.32 bits per heavy atom. The maximum absolute atomic E-state index is 6.10. The predicted octanol–water partition coefficient (Wildman–Crippen LogP) is 6.46. The normalized spacial score (nSPS) is 10.3. The van der Waals surface area contributed by atoms with Gasteiger partial charge >= 0.3 is 0 Å². The van der Waals surface area contributed by atoms with Crippen LogP contribution < -0.4 is 19.5 Å². The maximum atomic E-state index is 6.10. The first-order chi connectivity index (χ1) is 14.6. The van der Waals surface area contributed by atoms with Crippen LogP contribution in [0.15, 0.2) is 65.1 Å². The second kappa shape index (κ2) is 12.6. The molecule has 0 aliphatic carbocycles. The van der Waals surface area contributed by atoms with Crippen molar-refractivity contribution < 1.29 is 14.2 Å². The number of rotatable bonds is 10. The van der Waals surface area contributed by atoms with Crippen LogP contribution in [-0.4, -0.2) is 13.7 Å². The van der Waals surface area contributed by atoms with Crippen LogP contribution in [0.1, 0.15) is 29.2 Å². The number of halogens is 2. The summed E-state index contributed by atoms with van der Waals surface area (Å²) >= 11 is 3.66. The zero-order chi connectivity index (χ0) is 21.3. The molecule has 166 valence electrons. The highest BCUT2D eigenvalue weighted by Gasteiger charge is 2.13. The average molecular weight is 507 g/mol. The van der Waals surface area contributed by atoms with Crippen molar-refractivity contribution in [2.75, 3.05) is 13.7 Å². The topological polar surface area (TPSA) is 39.7 Å². The molecule has 0 saturated carbocycles. The van der Waals surface area contributed by atoms with Gasteiger partial charge in [-0.3, -0.25) is 0 Å². The van der Waals surface area contributed by atoms with Crippen LogP contribution in [0.2, 0.25) is 0 Å². The molecule has 0 atom stereocenters. The Hall–Kier alpha value is -2.21. The highest BCUT2D eigenvalue weighted by molar-refractivity contribution is 9.10. The fraction of sp³-hybridized carbons (Fsp3) is 0.280. The summed E-state index contributed by atoms with van der Waals surface area (Å²) in [5.74, 6) is 2.36.